The van der Waals surface area contributed by atoms with Crippen LogP contribution in [0.2, 0.25) is 0 Å². The standard InChI is InChI=1S/C16H23NO4/c1-7-20-15(19)21-13-9-12(10(2)8-11(13)3)17-14(18)16(4,5)6/h8-9H,7H2,1-6H3,(H,17,18). The van der Waals surface area contributed by atoms with Crippen LogP contribution in [-0.2, 0) is 9.53 Å². The second-order valence-electron chi connectivity index (χ2n) is 5.92. The second-order valence-corrected chi connectivity index (χ2v) is 5.92. The van der Waals surface area contributed by atoms with Crippen molar-refractivity contribution in [3.05, 3.63) is 23.3 Å². The summed E-state index contributed by atoms with van der Waals surface area (Å²) in [7, 11) is 0. The van der Waals surface area contributed by atoms with E-state index >= 15 is 0 Å². The molecule has 0 aliphatic carbocycles. The molecule has 0 radical (unpaired) electrons. The Hall–Kier alpha value is -2.04. The van der Waals surface area contributed by atoms with Gasteiger partial charge >= 0.3 is 6.16 Å². The van der Waals surface area contributed by atoms with E-state index in [1.54, 1.807) is 13.0 Å². The van der Waals surface area contributed by atoms with Gasteiger partial charge in [0.25, 0.3) is 0 Å². The summed E-state index contributed by atoms with van der Waals surface area (Å²) in [6.07, 6.45) is -0.752. The molecule has 21 heavy (non-hydrogen) atoms. The first-order valence-electron chi connectivity index (χ1n) is 6.92. The number of ether oxygens (including phenoxy) is 2. The molecule has 1 N–H and O–H groups in total. The lowest BCUT2D eigenvalue weighted by Gasteiger charge is -2.19. The summed E-state index contributed by atoms with van der Waals surface area (Å²) in [4.78, 5) is 23.5. The van der Waals surface area contributed by atoms with E-state index in [0.717, 1.165) is 11.1 Å². The van der Waals surface area contributed by atoms with Crippen LogP contribution in [-0.4, -0.2) is 18.7 Å². The number of nitrogens with one attached hydrogen (secondary N) is 1. The Morgan fingerprint density at radius 3 is 2.29 bits per heavy atom. The van der Waals surface area contributed by atoms with Gasteiger partial charge in [0, 0.05) is 17.2 Å². The van der Waals surface area contributed by atoms with Gasteiger partial charge in [-0.15, -0.1) is 0 Å². The lowest BCUT2D eigenvalue weighted by molar-refractivity contribution is -0.123. The molecule has 0 atom stereocenters. The molecule has 5 nitrogen and oxygen atoms in total. The lowest BCUT2D eigenvalue weighted by Crippen LogP contribution is -2.28. The van der Waals surface area contributed by atoms with Crippen molar-refractivity contribution in [3.8, 4) is 5.75 Å². The zero-order valence-electron chi connectivity index (χ0n) is 13.5. The maximum absolute atomic E-state index is 12.1. The largest absolute Gasteiger partial charge is 0.513 e. The number of hydrogen-bond acceptors (Lipinski definition) is 4. The van der Waals surface area contributed by atoms with Gasteiger partial charge in [-0.3, -0.25) is 4.79 Å². The minimum absolute atomic E-state index is 0.100. The number of carbonyl (C=O) groups excluding carboxylic acids is 2. The highest BCUT2D eigenvalue weighted by molar-refractivity contribution is 5.95. The van der Waals surface area contributed by atoms with Crippen molar-refractivity contribution in [3.63, 3.8) is 0 Å². The van der Waals surface area contributed by atoms with E-state index in [4.69, 9.17) is 9.47 Å². The monoisotopic (exact) mass is 293 g/mol. The zero-order chi connectivity index (χ0) is 16.2. The molecule has 0 unspecified atom stereocenters. The molecule has 1 aromatic carbocycles. The van der Waals surface area contributed by atoms with Crippen molar-refractivity contribution in [1.82, 2.24) is 0 Å². The zero-order valence-corrected chi connectivity index (χ0v) is 13.5. The number of benzene rings is 1. The van der Waals surface area contributed by atoms with Crippen molar-refractivity contribution < 1.29 is 19.1 Å². The summed E-state index contributed by atoms with van der Waals surface area (Å²) in [5.41, 5.74) is 1.83. The number of carbonyl (C=O) groups is 2. The molecule has 1 rings (SSSR count). The number of amides is 1. The van der Waals surface area contributed by atoms with E-state index in [-0.39, 0.29) is 12.5 Å². The van der Waals surface area contributed by atoms with Crippen LogP contribution in [0.1, 0.15) is 38.8 Å². The minimum atomic E-state index is -0.752. The van der Waals surface area contributed by atoms with Gasteiger partial charge in [-0.2, -0.15) is 0 Å². The Labute approximate surface area is 125 Å². The highest BCUT2D eigenvalue weighted by Gasteiger charge is 2.22. The quantitative estimate of drug-likeness (QED) is 0.679. The molecule has 0 bridgehead atoms. The van der Waals surface area contributed by atoms with Gasteiger partial charge in [-0.1, -0.05) is 26.8 Å². The number of hydrogen-bond donors (Lipinski definition) is 1. The van der Waals surface area contributed by atoms with E-state index in [1.165, 1.54) is 0 Å². The molecule has 0 saturated carbocycles. The fraction of sp³-hybridized carbons (Fsp3) is 0.500. The normalized spacial score (nSPS) is 11.0. The van der Waals surface area contributed by atoms with Gasteiger partial charge in [0.05, 0.1) is 6.61 Å². The maximum atomic E-state index is 12.1. The van der Waals surface area contributed by atoms with Crippen molar-refractivity contribution in [2.45, 2.75) is 41.5 Å². The summed E-state index contributed by atoms with van der Waals surface area (Å²) >= 11 is 0. The van der Waals surface area contributed by atoms with Crippen LogP contribution in [0.3, 0.4) is 0 Å². The van der Waals surface area contributed by atoms with Crippen LogP contribution >= 0.6 is 0 Å². The molecule has 0 heterocycles. The van der Waals surface area contributed by atoms with E-state index < -0.39 is 11.6 Å². The molecule has 1 aromatic rings. The third-order valence-corrected chi connectivity index (χ3v) is 2.91. The van der Waals surface area contributed by atoms with Gasteiger partial charge in [-0.05, 0) is 31.9 Å². The first-order chi connectivity index (χ1) is 9.65. The van der Waals surface area contributed by atoms with Gasteiger partial charge < -0.3 is 14.8 Å². The molecule has 0 aromatic heterocycles. The molecule has 0 saturated heterocycles. The summed E-state index contributed by atoms with van der Waals surface area (Å²) in [5, 5.41) is 2.85. The molecule has 1 amide bonds. The average molecular weight is 293 g/mol. The molecule has 0 fully saturated rings. The summed E-state index contributed by atoms with van der Waals surface area (Å²) < 4.78 is 9.89. The van der Waals surface area contributed by atoms with Gasteiger partial charge in [-0.25, -0.2) is 4.79 Å². The molecule has 0 aliphatic heterocycles. The maximum Gasteiger partial charge on any atom is 0.513 e. The summed E-state index contributed by atoms with van der Waals surface area (Å²) in [6.45, 7) is 11.2. The fourth-order valence-electron chi connectivity index (χ4n) is 1.62. The minimum Gasteiger partial charge on any atom is -0.434 e. The third kappa shape index (κ3) is 4.77. The predicted octanol–water partition coefficient (Wildman–Crippen LogP) is 3.82. The Morgan fingerprint density at radius 2 is 1.76 bits per heavy atom. The Balaban J connectivity index is 3.01. The van der Waals surface area contributed by atoms with E-state index in [0.29, 0.717) is 11.4 Å². The Kier molecular flexibility index (Phi) is 5.35. The van der Waals surface area contributed by atoms with Gasteiger partial charge in [0.1, 0.15) is 5.75 Å². The highest BCUT2D eigenvalue weighted by atomic mass is 16.7. The van der Waals surface area contributed by atoms with Crippen LogP contribution < -0.4 is 10.1 Å². The van der Waals surface area contributed by atoms with Crippen molar-refractivity contribution in [2.75, 3.05) is 11.9 Å². The van der Waals surface area contributed by atoms with Crippen LogP contribution in [0, 0.1) is 19.3 Å². The van der Waals surface area contributed by atoms with E-state index in [1.807, 2.05) is 40.7 Å². The molecule has 116 valence electrons. The van der Waals surface area contributed by atoms with Crippen molar-refractivity contribution >= 4 is 17.7 Å². The number of aryl methyl sites for hydroxylation is 2. The fourth-order valence-corrected chi connectivity index (χ4v) is 1.62. The lowest BCUT2D eigenvalue weighted by atomic mass is 9.95. The van der Waals surface area contributed by atoms with Crippen molar-refractivity contribution in [1.29, 1.82) is 0 Å². The first-order valence-corrected chi connectivity index (χ1v) is 6.92. The van der Waals surface area contributed by atoms with Crippen LogP contribution in [0.4, 0.5) is 10.5 Å². The Bertz CT molecular complexity index is 544. The Morgan fingerprint density at radius 1 is 1.14 bits per heavy atom. The molecular weight excluding hydrogens is 270 g/mol. The molecule has 5 heteroatoms. The summed E-state index contributed by atoms with van der Waals surface area (Å²) in [5.74, 6) is 0.278. The predicted molar refractivity (Wildman–Crippen MR) is 81.7 cm³/mol. The van der Waals surface area contributed by atoms with Crippen molar-refractivity contribution in [2.24, 2.45) is 5.41 Å². The van der Waals surface area contributed by atoms with E-state index in [9.17, 15) is 9.59 Å². The second kappa shape index (κ2) is 6.61. The molecule has 0 aliphatic rings. The van der Waals surface area contributed by atoms with Gasteiger partial charge in [0.2, 0.25) is 5.91 Å². The van der Waals surface area contributed by atoms with Crippen LogP contribution in [0.25, 0.3) is 0 Å². The van der Waals surface area contributed by atoms with Gasteiger partial charge in [0.15, 0.2) is 0 Å². The topological polar surface area (TPSA) is 64.6 Å². The smallest absolute Gasteiger partial charge is 0.434 e. The average Bonchev–Trinajstić information content (AvgIpc) is 2.34. The first kappa shape index (κ1) is 17.0. The molecule has 0 spiro atoms. The highest BCUT2D eigenvalue weighted by Crippen LogP contribution is 2.28. The van der Waals surface area contributed by atoms with Crippen LogP contribution in [0.15, 0.2) is 12.1 Å². The molecular formula is C16H23NO4. The van der Waals surface area contributed by atoms with E-state index in [2.05, 4.69) is 5.32 Å². The third-order valence-electron chi connectivity index (χ3n) is 2.91. The SMILES string of the molecule is CCOC(=O)Oc1cc(NC(=O)C(C)(C)C)c(C)cc1C. The van der Waals surface area contributed by atoms with Crippen LogP contribution in [0.5, 0.6) is 5.75 Å². The number of anilines is 1. The number of rotatable bonds is 3. The summed E-state index contributed by atoms with van der Waals surface area (Å²) in [6, 6.07) is 3.50.